The average molecular weight is 240 g/mol. The monoisotopic (exact) mass is 240 g/mol. The second-order valence-electron chi connectivity index (χ2n) is 3.03. The molecule has 0 aromatic rings. The zero-order chi connectivity index (χ0) is 11.4. The number of aliphatic hydroxyl groups excluding tert-OH is 2. The topological polar surface area (TPSA) is 58.9 Å². The number of methoxy groups -OCH3 is 2. The summed E-state index contributed by atoms with van der Waals surface area (Å²) in [5.74, 6) is 0. The van der Waals surface area contributed by atoms with Gasteiger partial charge in [0.2, 0.25) is 0 Å². The van der Waals surface area contributed by atoms with E-state index in [4.69, 9.17) is 10.2 Å². The van der Waals surface area contributed by atoms with Gasteiger partial charge in [0.25, 0.3) is 0 Å². The summed E-state index contributed by atoms with van der Waals surface area (Å²) >= 11 is 0. The summed E-state index contributed by atoms with van der Waals surface area (Å²) in [7, 11) is 3.16. The van der Waals surface area contributed by atoms with Crippen LogP contribution in [0.2, 0.25) is 0 Å². The first-order valence-corrected chi connectivity index (χ1v) is 4.96. The van der Waals surface area contributed by atoms with E-state index in [0.29, 0.717) is 13.2 Å². The Morgan fingerprint density at radius 3 is 1.12 bits per heavy atom. The first-order valence-electron chi connectivity index (χ1n) is 4.96. The largest absolute Gasteiger partial charge is 0.391 e. The van der Waals surface area contributed by atoms with Gasteiger partial charge in [-0.25, -0.2) is 0 Å². The van der Waals surface area contributed by atoms with Gasteiger partial charge in [-0.2, -0.15) is 0 Å². The maximum Gasteiger partial charge on any atom is 0.0770 e. The first kappa shape index (κ1) is 24.9. The molecule has 2 unspecified atom stereocenters. The Balaban J connectivity index is -0.0000000800. The molecule has 0 aliphatic carbocycles. The minimum atomic E-state index is -0.273. The van der Waals surface area contributed by atoms with Gasteiger partial charge < -0.3 is 19.7 Å². The van der Waals surface area contributed by atoms with Crippen LogP contribution in [0.4, 0.5) is 0 Å². The molecule has 2 atom stereocenters. The van der Waals surface area contributed by atoms with Crippen LogP contribution in [0.1, 0.15) is 41.5 Å². The maximum absolute atomic E-state index is 8.73. The summed E-state index contributed by atoms with van der Waals surface area (Å²) in [5.41, 5.74) is 0. The number of hydrogen-bond donors (Lipinski definition) is 2. The van der Waals surface area contributed by atoms with Crippen LogP contribution < -0.4 is 0 Å². The lowest BCUT2D eigenvalue weighted by Gasteiger charge is -2.02. The Kier molecular flexibility index (Phi) is 31.5. The maximum atomic E-state index is 8.73. The average Bonchev–Trinajstić information content (AvgIpc) is 2.19. The molecule has 4 heteroatoms. The second-order valence-corrected chi connectivity index (χ2v) is 3.03. The Labute approximate surface area is 102 Å². The predicted molar refractivity (Wildman–Crippen MR) is 69.8 cm³/mol. The van der Waals surface area contributed by atoms with E-state index >= 15 is 0 Å². The molecule has 0 rings (SSSR count). The molecule has 0 aliphatic heterocycles. The van der Waals surface area contributed by atoms with Crippen molar-refractivity contribution in [2.24, 2.45) is 0 Å². The summed E-state index contributed by atoms with van der Waals surface area (Å²) in [6, 6.07) is 0. The van der Waals surface area contributed by atoms with E-state index in [1.54, 1.807) is 14.2 Å². The third kappa shape index (κ3) is 23.6. The molecule has 4 nitrogen and oxygen atoms in total. The van der Waals surface area contributed by atoms with E-state index in [0.717, 1.165) is 12.8 Å². The van der Waals surface area contributed by atoms with Crippen molar-refractivity contribution in [1.82, 2.24) is 0 Å². The summed E-state index contributed by atoms with van der Waals surface area (Å²) in [6.45, 7) is 4.75. The van der Waals surface area contributed by atoms with Crippen LogP contribution in [0.25, 0.3) is 0 Å². The second kappa shape index (κ2) is 20.3. The van der Waals surface area contributed by atoms with Gasteiger partial charge in [0.15, 0.2) is 0 Å². The van der Waals surface area contributed by atoms with E-state index in [2.05, 4.69) is 9.47 Å². The summed E-state index contributed by atoms with van der Waals surface area (Å²) < 4.78 is 9.29. The van der Waals surface area contributed by atoms with Crippen LogP contribution >= 0.6 is 0 Å². The number of aliphatic hydroxyl groups is 2. The molecular weight excluding hydrogens is 208 g/mol. The standard InChI is InChI=1S/2C5H12O2.2CH4/c2*1-3-5(6)4-7-2;;/h2*5-6H,3-4H2,1-2H3;2*1H4. The van der Waals surface area contributed by atoms with Gasteiger partial charge in [-0.15, -0.1) is 0 Å². The van der Waals surface area contributed by atoms with E-state index < -0.39 is 0 Å². The molecule has 0 amide bonds. The molecule has 0 aliphatic rings. The van der Waals surface area contributed by atoms with Crippen molar-refractivity contribution in [1.29, 1.82) is 0 Å². The molecule has 0 aromatic heterocycles. The molecule has 104 valence electrons. The fourth-order valence-corrected chi connectivity index (χ4v) is 0.620. The van der Waals surface area contributed by atoms with Gasteiger partial charge >= 0.3 is 0 Å². The van der Waals surface area contributed by atoms with Crippen LogP contribution in [-0.4, -0.2) is 49.9 Å². The van der Waals surface area contributed by atoms with Crippen molar-refractivity contribution in [3.8, 4) is 0 Å². The normalized spacial score (nSPS) is 12.4. The van der Waals surface area contributed by atoms with Gasteiger partial charge in [0.1, 0.15) is 0 Å². The van der Waals surface area contributed by atoms with Crippen molar-refractivity contribution in [3.05, 3.63) is 0 Å². The van der Waals surface area contributed by atoms with Crippen molar-refractivity contribution < 1.29 is 19.7 Å². The van der Waals surface area contributed by atoms with Crippen LogP contribution in [0.3, 0.4) is 0 Å². The van der Waals surface area contributed by atoms with Gasteiger partial charge in [-0.1, -0.05) is 28.7 Å². The third-order valence-electron chi connectivity index (χ3n) is 1.66. The number of ether oxygens (including phenoxy) is 2. The van der Waals surface area contributed by atoms with Crippen molar-refractivity contribution in [2.45, 2.75) is 53.8 Å². The van der Waals surface area contributed by atoms with Crippen LogP contribution in [0.15, 0.2) is 0 Å². The van der Waals surface area contributed by atoms with Crippen LogP contribution in [0, 0.1) is 0 Å². The zero-order valence-electron chi connectivity index (χ0n) is 9.69. The predicted octanol–water partition coefficient (Wildman–Crippen LogP) is 2.08. The van der Waals surface area contributed by atoms with E-state index in [9.17, 15) is 0 Å². The van der Waals surface area contributed by atoms with Crippen molar-refractivity contribution >= 4 is 0 Å². The SMILES string of the molecule is C.C.CCC(O)COC.CCC(O)COC. The van der Waals surface area contributed by atoms with E-state index in [1.807, 2.05) is 13.8 Å². The van der Waals surface area contributed by atoms with Crippen molar-refractivity contribution in [3.63, 3.8) is 0 Å². The fourth-order valence-electron chi connectivity index (χ4n) is 0.620. The quantitative estimate of drug-likeness (QED) is 0.746. The highest BCUT2D eigenvalue weighted by Gasteiger charge is 1.95. The van der Waals surface area contributed by atoms with Crippen LogP contribution in [-0.2, 0) is 9.47 Å². The molecule has 0 aromatic carbocycles. The minimum Gasteiger partial charge on any atom is -0.391 e. The van der Waals surface area contributed by atoms with Crippen molar-refractivity contribution in [2.75, 3.05) is 27.4 Å². The fraction of sp³-hybridized carbons (Fsp3) is 1.00. The third-order valence-corrected chi connectivity index (χ3v) is 1.66. The molecule has 2 N–H and O–H groups in total. The minimum absolute atomic E-state index is 0. The smallest absolute Gasteiger partial charge is 0.0770 e. The highest BCUT2D eigenvalue weighted by Crippen LogP contribution is 1.87. The highest BCUT2D eigenvalue weighted by atomic mass is 16.5. The highest BCUT2D eigenvalue weighted by molar-refractivity contribution is 4.46. The molecule has 0 saturated carbocycles. The lowest BCUT2D eigenvalue weighted by Crippen LogP contribution is -2.11. The number of rotatable bonds is 6. The van der Waals surface area contributed by atoms with Gasteiger partial charge in [-0.05, 0) is 12.8 Å². The summed E-state index contributed by atoms with van der Waals surface area (Å²) in [5, 5.41) is 17.5. The Hall–Kier alpha value is -0.160. The Morgan fingerprint density at radius 2 is 1.06 bits per heavy atom. The molecule has 0 heterocycles. The number of hydrogen-bond acceptors (Lipinski definition) is 4. The van der Waals surface area contributed by atoms with Gasteiger partial charge in [0.05, 0.1) is 25.4 Å². The molecular formula is C12H32O4. The Bertz CT molecular complexity index is 87.0. The summed E-state index contributed by atoms with van der Waals surface area (Å²) in [4.78, 5) is 0. The lowest BCUT2D eigenvalue weighted by atomic mass is 10.3. The van der Waals surface area contributed by atoms with E-state index in [-0.39, 0.29) is 27.1 Å². The van der Waals surface area contributed by atoms with Gasteiger partial charge in [-0.3, -0.25) is 0 Å². The zero-order valence-corrected chi connectivity index (χ0v) is 9.69. The molecule has 0 fully saturated rings. The lowest BCUT2D eigenvalue weighted by molar-refractivity contribution is 0.0624. The molecule has 0 spiro atoms. The summed E-state index contributed by atoms with van der Waals surface area (Å²) in [6.07, 6.45) is 0.997. The van der Waals surface area contributed by atoms with Gasteiger partial charge in [0, 0.05) is 14.2 Å². The molecule has 0 bridgehead atoms. The van der Waals surface area contributed by atoms with Crippen LogP contribution in [0.5, 0.6) is 0 Å². The first-order chi connectivity index (χ1) is 6.62. The molecule has 16 heavy (non-hydrogen) atoms. The molecule has 0 radical (unpaired) electrons. The van der Waals surface area contributed by atoms with E-state index in [1.165, 1.54) is 0 Å². The Morgan fingerprint density at radius 1 is 0.812 bits per heavy atom. The molecule has 0 saturated heterocycles.